The Kier molecular flexibility index (Phi) is 2.22. The van der Waals surface area contributed by atoms with E-state index in [0.717, 1.165) is 19.4 Å². The molecule has 9 heavy (non-hydrogen) atoms. The summed E-state index contributed by atoms with van der Waals surface area (Å²) < 4.78 is 0. The predicted molar refractivity (Wildman–Crippen MR) is 36.3 cm³/mol. The second-order valence-electron chi connectivity index (χ2n) is 2.71. The molecule has 2 heteroatoms. The number of hydrogen-bond donors (Lipinski definition) is 1. The van der Waals surface area contributed by atoms with E-state index in [2.05, 4.69) is 5.32 Å². The van der Waals surface area contributed by atoms with E-state index < -0.39 is 0 Å². The summed E-state index contributed by atoms with van der Waals surface area (Å²) in [6.45, 7) is 1.05. The number of rotatable bonds is 3. The Labute approximate surface area is 55.6 Å². The zero-order valence-corrected chi connectivity index (χ0v) is 5.81. The van der Waals surface area contributed by atoms with Crippen LogP contribution in [0.3, 0.4) is 0 Å². The van der Waals surface area contributed by atoms with E-state index in [1.807, 2.05) is 7.05 Å². The van der Waals surface area contributed by atoms with E-state index in [1.54, 1.807) is 0 Å². The summed E-state index contributed by atoms with van der Waals surface area (Å²) in [6, 6.07) is 0. The van der Waals surface area contributed by atoms with Crippen LogP contribution >= 0.6 is 0 Å². The second kappa shape index (κ2) is 2.97. The van der Waals surface area contributed by atoms with Crippen molar-refractivity contribution >= 4 is 5.78 Å². The summed E-state index contributed by atoms with van der Waals surface area (Å²) in [4.78, 5) is 10.5. The van der Waals surface area contributed by atoms with Crippen LogP contribution in [0.1, 0.15) is 19.3 Å². The van der Waals surface area contributed by atoms with Crippen LogP contribution in [0.15, 0.2) is 0 Å². The van der Waals surface area contributed by atoms with Crippen LogP contribution in [-0.4, -0.2) is 19.4 Å². The van der Waals surface area contributed by atoms with Gasteiger partial charge in [0.25, 0.3) is 0 Å². The third-order valence-corrected chi connectivity index (χ3v) is 1.84. The maximum absolute atomic E-state index is 10.5. The van der Waals surface area contributed by atoms with Gasteiger partial charge in [-0.1, -0.05) is 0 Å². The van der Waals surface area contributed by atoms with Crippen LogP contribution in [0.5, 0.6) is 0 Å². The molecule has 1 aliphatic carbocycles. The lowest BCUT2D eigenvalue weighted by Crippen LogP contribution is -2.26. The first kappa shape index (κ1) is 6.75. The van der Waals surface area contributed by atoms with Crippen LogP contribution < -0.4 is 5.32 Å². The van der Waals surface area contributed by atoms with Crippen molar-refractivity contribution in [3.8, 4) is 0 Å². The Morgan fingerprint density at radius 3 is 2.78 bits per heavy atom. The number of ketones is 1. The molecule has 1 N–H and O–H groups in total. The van der Waals surface area contributed by atoms with E-state index in [-0.39, 0.29) is 0 Å². The number of carbonyl (C=O) groups is 1. The fourth-order valence-corrected chi connectivity index (χ4v) is 1.14. The van der Waals surface area contributed by atoms with Crippen LogP contribution in [0.25, 0.3) is 0 Å². The number of Topliss-reactive ketones (excluding diaryl/α,β-unsaturated/α-hetero) is 1. The molecular formula is C7H13NO. The van der Waals surface area contributed by atoms with Crippen molar-refractivity contribution in [2.45, 2.75) is 19.3 Å². The average molecular weight is 127 g/mol. The molecular weight excluding hydrogens is 114 g/mol. The molecule has 2 nitrogen and oxygen atoms in total. The van der Waals surface area contributed by atoms with E-state index in [9.17, 15) is 4.79 Å². The Bertz CT molecular complexity index is 103. The van der Waals surface area contributed by atoms with E-state index in [0.29, 0.717) is 11.7 Å². The van der Waals surface area contributed by atoms with Crippen LogP contribution in [0, 0.1) is 5.92 Å². The Morgan fingerprint density at radius 1 is 1.67 bits per heavy atom. The van der Waals surface area contributed by atoms with Gasteiger partial charge in [0.05, 0.1) is 0 Å². The van der Waals surface area contributed by atoms with Crippen molar-refractivity contribution in [3.63, 3.8) is 0 Å². The van der Waals surface area contributed by atoms with Gasteiger partial charge in [0.2, 0.25) is 0 Å². The minimum Gasteiger partial charge on any atom is -0.320 e. The molecule has 0 aliphatic heterocycles. The van der Waals surface area contributed by atoms with E-state index in [1.165, 1.54) is 6.42 Å². The number of carbonyl (C=O) groups excluding carboxylic acids is 1. The zero-order valence-electron chi connectivity index (χ0n) is 5.81. The second-order valence-corrected chi connectivity index (χ2v) is 2.71. The lowest BCUT2D eigenvalue weighted by molar-refractivity contribution is -0.126. The van der Waals surface area contributed by atoms with Gasteiger partial charge < -0.3 is 5.32 Å². The van der Waals surface area contributed by atoms with Crippen molar-refractivity contribution in [2.24, 2.45) is 5.92 Å². The highest BCUT2D eigenvalue weighted by Gasteiger charge is 2.25. The molecule has 1 rings (SSSR count). The van der Waals surface area contributed by atoms with Crippen LogP contribution in [-0.2, 0) is 4.79 Å². The van der Waals surface area contributed by atoms with Gasteiger partial charge in [-0.15, -0.1) is 0 Å². The van der Waals surface area contributed by atoms with E-state index in [4.69, 9.17) is 0 Å². The lowest BCUT2D eigenvalue weighted by atomic mass is 9.82. The first-order valence-electron chi connectivity index (χ1n) is 3.49. The minimum atomic E-state index is 0.441. The molecule has 1 saturated carbocycles. The molecule has 52 valence electrons. The Morgan fingerprint density at radius 2 is 2.33 bits per heavy atom. The fourth-order valence-electron chi connectivity index (χ4n) is 1.14. The molecule has 0 radical (unpaired) electrons. The predicted octanol–water partition coefficient (Wildman–Crippen LogP) is 0.575. The summed E-state index contributed by atoms with van der Waals surface area (Å²) in [5, 5.41) is 3.07. The largest absolute Gasteiger partial charge is 0.320 e. The SMILES string of the molecule is CNCCC1CC(=O)C1. The van der Waals surface area contributed by atoms with E-state index >= 15 is 0 Å². The van der Waals surface area contributed by atoms with Gasteiger partial charge in [-0.25, -0.2) is 0 Å². The summed E-state index contributed by atoms with van der Waals surface area (Å²) in [7, 11) is 1.94. The molecule has 0 saturated heterocycles. The average Bonchev–Trinajstić information content (AvgIpc) is 1.78. The third-order valence-electron chi connectivity index (χ3n) is 1.84. The van der Waals surface area contributed by atoms with Crippen molar-refractivity contribution in [2.75, 3.05) is 13.6 Å². The summed E-state index contributed by atoms with van der Waals surface area (Å²) in [5.41, 5.74) is 0. The lowest BCUT2D eigenvalue weighted by Gasteiger charge is -2.23. The van der Waals surface area contributed by atoms with Gasteiger partial charge >= 0.3 is 0 Å². The van der Waals surface area contributed by atoms with Crippen molar-refractivity contribution < 1.29 is 4.79 Å². The summed E-state index contributed by atoms with van der Waals surface area (Å²) in [6.07, 6.45) is 2.84. The molecule has 0 aromatic carbocycles. The number of nitrogens with one attached hydrogen (secondary N) is 1. The Balaban J connectivity index is 1.97. The quantitative estimate of drug-likeness (QED) is 0.600. The van der Waals surface area contributed by atoms with Gasteiger partial charge in [0.1, 0.15) is 5.78 Å². The molecule has 1 fully saturated rings. The molecule has 0 unspecified atom stereocenters. The standard InChI is InChI=1S/C7H13NO/c1-8-3-2-6-4-7(9)5-6/h6,8H,2-5H2,1H3. The first-order valence-corrected chi connectivity index (χ1v) is 3.49. The molecule has 0 aromatic rings. The molecule has 0 atom stereocenters. The van der Waals surface area contributed by atoms with Gasteiger partial charge in [-0.05, 0) is 25.9 Å². The fraction of sp³-hybridized carbons (Fsp3) is 0.857. The van der Waals surface area contributed by atoms with Gasteiger partial charge in [0.15, 0.2) is 0 Å². The zero-order chi connectivity index (χ0) is 6.69. The highest BCUT2D eigenvalue weighted by Crippen LogP contribution is 2.25. The normalized spacial score (nSPS) is 19.9. The number of hydrogen-bond acceptors (Lipinski definition) is 2. The van der Waals surface area contributed by atoms with Crippen molar-refractivity contribution in [1.29, 1.82) is 0 Å². The van der Waals surface area contributed by atoms with Crippen molar-refractivity contribution in [1.82, 2.24) is 5.32 Å². The first-order chi connectivity index (χ1) is 4.33. The Hall–Kier alpha value is -0.370. The minimum absolute atomic E-state index is 0.441. The molecule has 0 bridgehead atoms. The topological polar surface area (TPSA) is 29.1 Å². The molecule has 0 spiro atoms. The third kappa shape index (κ3) is 1.79. The molecule has 0 heterocycles. The smallest absolute Gasteiger partial charge is 0.133 e. The van der Waals surface area contributed by atoms with Gasteiger partial charge in [0, 0.05) is 12.8 Å². The summed E-state index contributed by atoms with van der Waals surface area (Å²) >= 11 is 0. The summed E-state index contributed by atoms with van der Waals surface area (Å²) in [5.74, 6) is 1.14. The van der Waals surface area contributed by atoms with Gasteiger partial charge in [-0.2, -0.15) is 0 Å². The highest BCUT2D eigenvalue weighted by atomic mass is 16.1. The highest BCUT2D eigenvalue weighted by molar-refractivity contribution is 5.84. The van der Waals surface area contributed by atoms with Crippen LogP contribution in [0.4, 0.5) is 0 Å². The monoisotopic (exact) mass is 127 g/mol. The molecule has 0 amide bonds. The van der Waals surface area contributed by atoms with Gasteiger partial charge in [-0.3, -0.25) is 4.79 Å². The maximum Gasteiger partial charge on any atom is 0.133 e. The molecule has 0 aromatic heterocycles. The molecule has 1 aliphatic rings. The van der Waals surface area contributed by atoms with Crippen LogP contribution in [0.2, 0.25) is 0 Å². The maximum atomic E-state index is 10.5. The van der Waals surface area contributed by atoms with Crippen molar-refractivity contribution in [3.05, 3.63) is 0 Å².